The third-order valence-corrected chi connectivity index (χ3v) is 3.24. The van der Waals surface area contributed by atoms with Crippen molar-refractivity contribution in [3.63, 3.8) is 0 Å². The van der Waals surface area contributed by atoms with Gasteiger partial charge in [-0.15, -0.1) is 0 Å². The van der Waals surface area contributed by atoms with Gasteiger partial charge >= 0.3 is 0 Å². The highest BCUT2D eigenvalue weighted by Crippen LogP contribution is 2.22. The third-order valence-electron chi connectivity index (χ3n) is 3.24. The Hall–Kier alpha value is -1.32. The van der Waals surface area contributed by atoms with E-state index in [-0.39, 0.29) is 0 Å². The average Bonchev–Trinajstić information content (AvgIpc) is 2.38. The van der Waals surface area contributed by atoms with Crippen LogP contribution >= 0.6 is 0 Å². The number of hydrogen-bond donors (Lipinski definition) is 2. The summed E-state index contributed by atoms with van der Waals surface area (Å²) >= 11 is 0. The molecule has 1 atom stereocenters. The highest BCUT2D eigenvalue weighted by Gasteiger charge is 2.12. The lowest BCUT2D eigenvalue weighted by molar-refractivity contribution is 0.527. The molecule has 0 spiro atoms. The third kappa shape index (κ3) is 5.05. The molecule has 4 heteroatoms. The van der Waals surface area contributed by atoms with Gasteiger partial charge in [0, 0.05) is 18.7 Å². The van der Waals surface area contributed by atoms with Crippen molar-refractivity contribution in [3.8, 4) is 0 Å². The van der Waals surface area contributed by atoms with E-state index in [1.54, 1.807) is 6.33 Å². The van der Waals surface area contributed by atoms with Crippen molar-refractivity contribution >= 4 is 11.6 Å². The molecule has 0 radical (unpaired) electrons. The molecule has 0 aliphatic rings. The minimum atomic E-state index is 0.442. The molecule has 0 saturated heterocycles. The zero-order chi connectivity index (χ0) is 14.3. The summed E-state index contributed by atoms with van der Waals surface area (Å²) in [6.07, 6.45) is 6.12. The predicted molar refractivity (Wildman–Crippen MR) is 82.7 cm³/mol. The molecule has 0 saturated carbocycles. The fourth-order valence-corrected chi connectivity index (χ4v) is 2.13. The van der Waals surface area contributed by atoms with Crippen molar-refractivity contribution < 1.29 is 0 Å². The average molecular weight is 264 g/mol. The summed E-state index contributed by atoms with van der Waals surface area (Å²) in [5, 5.41) is 6.69. The molecule has 19 heavy (non-hydrogen) atoms. The van der Waals surface area contributed by atoms with Gasteiger partial charge in [0.1, 0.15) is 18.0 Å². The topological polar surface area (TPSA) is 49.8 Å². The van der Waals surface area contributed by atoms with Gasteiger partial charge in [0.2, 0.25) is 0 Å². The Morgan fingerprint density at radius 2 is 1.79 bits per heavy atom. The molecule has 1 rings (SSSR count). The number of rotatable bonds is 8. The van der Waals surface area contributed by atoms with E-state index in [4.69, 9.17) is 0 Å². The first-order valence-electron chi connectivity index (χ1n) is 7.36. The number of aromatic nitrogens is 2. The summed E-state index contributed by atoms with van der Waals surface area (Å²) in [6.45, 7) is 8.93. The number of nitrogens with one attached hydrogen (secondary N) is 2. The van der Waals surface area contributed by atoms with E-state index in [1.165, 1.54) is 18.4 Å². The van der Waals surface area contributed by atoms with E-state index >= 15 is 0 Å². The zero-order valence-corrected chi connectivity index (χ0v) is 13.0. The van der Waals surface area contributed by atoms with Gasteiger partial charge in [0.05, 0.1) is 0 Å². The van der Waals surface area contributed by atoms with Crippen molar-refractivity contribution in [1.82, 2.24) is 9.97 Å². The van der Waals surface area contributed by atoms with Crippen LogP contribution in [0.1, 0.15) is 52.5 Å². The molecule has 0 aromatic carbocycles. The van der Waals surface area contributed by atoms with Crippen LogP contribution in [0.15, 0.2) is 6.33 Å². The second kappa shape index (κ2) is 7.97. The number of nitrogens with zero attached hydrogens (tertiary/aromatic N) is 2. The summed E-state index contributed by atoms with van der Waals surface area (Å²) in [5.41, 5.74) is 1.20. The molecule has 0 amide bonds. The maximum atomic E-state index is 4.41. The lowest BCUT2D eigenvalue weighted by Gasteiger charge is -2.19. The van der Waals surface area contributed by atoms with Gasteiger partial charge in [0.25, 0.3) is 0 Å². The molecule has 0 fully saturated rings. The first-order valence-corrected chi connectivity index (χ1v) is 7.36. The first kappa shape index (κ1) is 15.7. The monoisotopic (exact) mass is 264 g/mol. The van der Waals surface area contributed by atoms with Gasteiger partial charge in [-0.05, 0) is 32.1 Å². The Kier molecular flexibility index (Phi) is 6.60. The summed E-state index contributed by atoms with van der Waals surface area (Å²) in [5.74, 6) is 2.67. The second-order valence-corrected chi connectivity index (χ2v) is 5.57. The molecule has 1 heterocycles. The molecule has 0 aliphatic carbocycles. The molecule has 2 N–H and O–H groups in total. The summed E-state index contributed by atoms with van der Waals surface area (Å²) in [7, 11) is 1.91. The summed E-state index contributed by atoms with van der Waals surface area (Å²) in [4.78, 5) is 8.71. The molecule has 1 aromatic heterocycles. The SMILES string of the molecule is CCCc1c(NC)ncnc1NC(C)CCC(C)C. The van der Waals surface area contributed by atoms with E-state index < -0.39 is 0 Å². The van der Waals surface area contributed by atoms with Crippen LogP contribution in [0.25, 0.3) is 0 Å². The Bertz CT molecular complexity index is 376. The Labute approximate surface area is 117 Å². The minimum absolute atomic E-state index is 0.442. The van der Waals surface area contributed by atoms with E-state index in [0.29, 0.717) is 6.04 Å². The van der Waals surface area contributed by atoms with Crippen molar-refractivity contribution in [3.05, 3.63) is 11.9 Å². The molecule has 108 valence electrons. The molecule has 1 unspecified atom stereocenters. The molecule has 4 nitrogen and oxygen atoms in total. The van der Waals surface area contributed by atoms with Crippen LogP contribution in [-0.4, -0.2) is 23.1 Å². The van der Waals surface area contributed by atoms with E-state index in [2.05, 4.69) is 48.3 Å². The van der Waals surface area contributed by atoms with E-state index in [9.17, 15) is 0 Å². The smallest absolute Gasteiger partial charge is 0.134 e. The molecular weight excluding hydrogens is 236 g/mol. The maximum Gasteiger partial charge on any atom is 0.134 e. The second-order valence-electron chi connectivity index (χ2n) is 5.57. The summed E-state index contributed by atoms with van der Waals surface area (Å²) < 4.78 is 0. The number of anilines is 2. The van der Waals surface area contributed by atoms with Gasteiger partial charge in [0.15, 0.2) is 0 Å². The molecular formula is C15H28N4. The largest absolute Gasteiger partial charge is 0.373 e. The van der Waals surface area contributed by atoms with Gasteiger partial charge < -0.3 is 10.6 Å². The highest BCUT2D eigenvalue weighted by molar-refractivity contribution is 5.57. The normalized spacial score (nSPS) is 12.5. The van der Waals surface area contributed by atoms with Crippen molar-refractivity contribution in [2.24, 2.45) is 5.92 Å². The van der Waals surface area contributed by atoms with Gasteiger partial charge in [-0.3, -0.25) is 0 Å². The maximum absolute atomic E-state index is 4.41. The predicted octanol–water partition coefficient (Wildman–Crippen LogP) is 3.71. The quantitative estimate of drug-likeness (QED) is 0.751. The van der Waals surface area contributed by atoms with E-state index in [0.717, 1.165) is 30.4 Å². The minimum Gasteiger partial charge on any atom is -0.373 e. The van der Waals surface area contributed by atoms with Crippen LogP contribution in [0.3, 0.4) is 0 Å². The molecule has 1 aromatic rings. The lowest BCUT2D eigenvalue weighted by atomic mass is 10.0. The van der Waals surface area contributed by atoms with Crippen LogP contribution in [0.2, 0.25) is 0 Å². The fraction of sp³-hybridized carbons (Fsp3) is 0.733. The highest BCUT2D eigenvalue weighted by atomic mass is 15.1. The van der Waals surface area contributed by atoms with Gasteiger partial charge in [-0.25, -0.2) is 9.97 Å². The van der Waals surface area contributed by atoms with Crippen molar-refractivity contribution in [1.29, 1.82) is 0 Å². The fourth-order valence-electron chi connectivity index (χ4n) is 2.13. The lowest BCUT2D eigenvalue weighted by Crippen LogP contribution is -2.19. The first-order chi connectivity index (χ1) is 9.08. The van der Waals surface area contributed by atoms with Crippen LogP contribution in [-0.2, 0) is 6.42 Å². The Morgan fingerprint density at radius 1 is 1.11 bits per heavy atom. The van der Waals surface area contributed by atoms with Crippen molar-refractivity contribution in [2.75, 3.05) is 17.7 Å². The van der Waals surface area contributed by atoms with Crippen LogP contribution in [0.5, 0.6) is 0 Å². The van der Waals surface area contributed by atoms with Gasteiger partial charge in [-0.1, -0.05) is 27.2 Å². The van der Waals surface area contributed by atoms with Crippen molar-refractivity contribution in [2.45, 2.75) is 59.4 Å². The Balaban J connectivity index is 2.76. The molecule has 0 bridgehead atoms. The standard InChI is InChI=1S/C15H28N4/c1-6-7-13-14(16-5)17-10-18-15(13)19-12(4)9-8-11(2)3/h10-12H,6-9H2,1-5H3,(H2,16,17,18,19). The van der Waals surface area contributed by atoms with Crippen LogP contribution in [0, 0.1) is 5.92 Å². The summed E-state index contributed by atoms with van der Waals surface area (Å²) in [6, 6.07) is 0.442. The zero-order valence-electron chi connectivity index (χ0n) is 13.0. The Morgan fingerprint density at radius 3 is 2.37 bits per heavy atom. The van der Waals surface area contributed by atoms with E-state index in [1.807, 2.05) is 7.05 Å². The van der Waals surface area contributed by atoms with Crippen LogP contribution in [0.4, 0.5) is 11.6 Å². The van der Waals surface area contributed by atoms with Gasteiger partial charge in [-0.2, -0.15) is 0 Å². The van der Waals surface area contributed by atoms with Crippen LogP contribution < -0.4 is 10.6 Å². The number of hydrogen-bond acceptors (Lipinski definition) is 4. The molecule has 0 aliphatic heterocycles.